The SMILES string of the molecule is CN[C@@H](C)C(=O)N[C@H](C(=O)N1CCC[C@H]1C(=O)Nc1sc(NC(=O)COCCOCCOCCOCCN(C)C(=O)Cc2cccc(CNC(=O)c3cc(/C=C/C4CCC(C(F)(F)F)CC4)c(OC)cn3)c2)nc1-c1ccccc1)C1CCCCC1. The zero-order valence-corrected chi connectivity index (χ0v) is 50.4. The Morgan fingerprint density at radius 2 is 1.50 bits per heavy atom. The molecule has 2 aromatic heterocycles. The lowest BCUT2D eigenvalue weighted by molar-refractivity contribution is -0.183. The Kier molecular flexibility index (Phi) is 26.3. The molecule has 3 fully saturated rings. The number of carbonyl (C=O) groups is 6. The lowest BCUT2D eigenvalue weighted by Gasteiger charge is -2.35. The van der Waals surface area contributed by atoms with Crippen molar-refractivity contribution in [3.8, 4) is 17.0 Å². The average molecular weight is 1220 g/mol. The third-order valence-corrected chi connectivity index (χ3v) is 16.7. The summed E-state index contributed by atoms with van der Waals surface area (Å²) in [4.78, 5) is 92.7. The minimum atomic E-state index is -4.17. The van der Waals surface area contributed by atoms with E-state index in [0.717, 1.165) is 60.1 Å². The van der Waals surface area contributed by atoms with Crippen LogP contribution in [0.3, 0.4) is 0 Å². The van der Waals surface area contributed by atoms with Crippen molar-refractivity contribution in [3.05, 3.63) is 95.3 Å². The van der Waals surface area contributed by atoms with Crippen LogP contribution in [0.25, 0.3) is 17.3 Å². The average Bonchev–Trinajstić information content (AvgIpc) is 3.87. The molecule has 2 aliphatic carbocycles. The van der Waals surface area contributed by atoms with Gasteiger partial charge in [-0.25, -0.2) is 9.97 Å². The van der Waals surface area contributed by atoms with E-state index in [-0.39, 0.29) is 91.9 Å². The van der Waals surface area contributed by atoms with Crippen LogP contribution in [-0.2, 0) is 55.9 Å². The number of likely N-dealkylation sites (N-methyl/N-ethyl adjacent to an activating group) is 2. The topological polar surface area (TPSA) is 241 Å². The number of nitrogens with zero attached hydrogens (tertiary/aromatic N) is 4. The van der Waals surface area contributed by atoms with Crippen molar-refractivity contribution in [2.45, 2.75) is 115 Å². The van der Waals surface area contributed by atoms with E-state index in [2.05, 4.69) is 36.6 Å². The van der Waals surface area contributed by atoms with E-state index >= 15 is 0 Å². The van der Waals surface area contributed by atoms with E-state index in [9.17, 15) is 41.9 Å². The van der Waals surface area contributed by atoms with Crippen LogP contribution in [-0.4, -0.2) is 167 Å². The maximum atomic E-state index is 14.3. The molecular weight excluding hydrogens is 1140 g/mol. The van der Waals surface area contributed by atoms with E-state index in [1.54, 1.807) is 43.0 Å². The van der Waals surface area contributed by atoms with Crippen LogP contribution in [0.2, 0.25) is 0 Å². The highest BCUT2D eigenvalue weighted by molar-refractivity contribution is 7.20. The Morgan fingerprint density at radius 3 is 2.19 bits per heavy atom. The molecule has 24 heteroatoms. The van der Waals surface area contributed by atoms with E-state index < -0.39 is 42.0 Å². The normalized spacial score (nSPS) is 18.1. The van der Waals surface area contributed by atoms with Gasteiger partial charge in [-0.05, 0) is 94.4 Å². The Bertz CT molecular complexity index is 2880. The molecule has 1 aliphatic heterocycles. The highest BCUT2D eigenvalue weighted by atomic mass is 32.1. The number of alkyl halides is 3. The molecule has 0 bridgehead atoms. The van der Waals surface area contributed by atoms with Crippen LogP contribution in [0.15, 0.2) is 72.9 Å². The number of hydrogen-bond donors (Lipinski definition) is 5. The summed E-state index contributed by atoms with van der Waals surface area (Å²) in [5.74, 6) is -2.68. The van der Waals surface area contributed by atoms with Crippen molar-refractivity contribution in [2.75, 3.05) is 97.8 Å². The first kappa shape index (κ1) is 66.7. The maximum absolute atomic E-state index is 14.3. The predicted octanol–water partition coefficient (Wildman–Crippen LogP) is 7.83. The fraction of sp³-hybridized carbons (Fsp3) is 0.548. The standard InChI is InChI=1S/C62H82F3N9O11S/c1-41(66-2)56(77)70-55(46-17-9-6-10-18-46)60(80)74-26-12-19-50(74)58(79)72-59-54(45-15-7-5-8-16-45)71-61(86-59)69-52(75)40-85-34-33-84-32-31-83-30-29-82-28-27-73(3)53(76)36-43-13-11-14-44(35-43)38-68-57(78)49-37-47(51(81-4)39-67-49)23-20-42-21-24-48(25-22-42)62(63,64)65/h5,7-8,11,13-16,20,23,35,37,39,41-42,46,48,50,55,66H,6,9-10,12,17-19,21-22,24-34,36,38,40H2,1-4H3,(H,68,78)(H,70,77)(H,72,79)(H,69,71,75)/b23-20+/t41-,42?,48?,50-,55-/m0/s1. The Labute approximate surface area is 505 Å². The van der Waals surface area contributed by atoms with Crippen molar-refractivity contribution >= 4 is 63.0 Å². The molecule has 3 aliphatic rings. The molecule has 20 nitrogen and oxygen atoms in total. The third-order valence-electron chi connectivity index (χ3n) is 15.8. The number of ether oxygens (including phenoxy) is 5. The molecule has 1 saturated heterocycles. The quantitative estimate of drug-likeness (QED) is 0.0302. The van der Waals surface area contributed by atoms with Crippen LogP contribution in [0, 0.1) is 17.8 Å². The number of methoxy groups -OCH3 is 1. The number of amides is 6. The molecule has 0 radical (unpaired) electrons. The van der Waals surface area contributed by atoms with Crippen molar-refractivity contribution in [1.29, 1.82) is 0 Å². The van der Waals surface area contributed by atoms with Gasteiger partial charge in [-0.15, -0.1) is 0 Å². The molecule has 0 unspecified atom stereocenters. The molecule has 7 rings (SSSR count). The van der Waals surface area contributed by atoms with Crippen LogP contribution < -0.4 is 31.3 Å². The highest BCUT2D eigenvalue weighted by Gasteiger charge is 2.42. The number of carbonyl (C=O) groups excluding carboxylic acids is 6. The van der Waals surface area contributed by atoms with E-state index in [0.29, 0.717) is 93.8 Å². The summed E-state index contributed by atoms with van der Waals surface area (Å²) in [5, 5.41) is 15.3. The van der Waals surface area contributed by atoms with Gasteiger partial charge in [-0.1, -0.05) is 97.3 Å². The van der Waals surface area contributed by atoms with Gasteiger partial charge in [0.15, 0.2) is 5.13 Å². The lowest BCUT2D eigenvalue weighted by Crippen LogP contribution is -2.57. The number of anilines is 2. The monoisotopic (exact) mass is 1220 g/mol. The third kappa shape index (κ3) is 20.4. The van der Waals surface area contributed by atoms with Crippen molar-refractivity contribution < 1.29 is 65.6 Å². The molecule has 6 amide bonds. The van der Waals surface area contributed by atoms with Gasteiger partial charge in [0.25, 0.3) is 11.8 Å². The molecule has 468 valence electrons. The number of allylic oxidation sites excluding steroid dienone is 1. The first-order valence-corrected chi connectivity index (χ1v) is 30.5. The van der Waals surface area contributed by atoms with Crippen LogP contribution in [0.4, 0.5) is 23.3 Å². The van der Waals surface area contributed by atoms with Gasteiger partial charge >= 0.3 is 6.18 Å². The van der Waals surface area contributed by atoms with Gasteiger partial charge in [0.1, 0.15) is 40.8 Å². The second-order valence-electron chi connectivity index (χ2n) is 21.9. The number of pyridine rings is 1. The zero-order valence-electron chi connectivity index (χ0n) is 49.6. The molecule has 2 saturated carbocycles. The van der Waals surface area contributed by atoms with Crippen molar-refractivity contribution in [1.82, 2.24) is 35.7 Å². The first-order valence-electron chi connectivity index (χ1n) is 29.7. The van der Waals surface area contributed by atoms with Gasteiger partial charge in [-0.2, -0.15) is 13.2 Å². The van der Waals surface area contributed by atoms with Gasteiger partial charge < -0.3 is 54.8 Å². The van der Waals surface area contributed by atoms with Crippen LogP contribution in [0.5, 0.6) is 5.75 Å². The zero-order chi connectivity index (χ0) is 61.4. The van der Waals surface area contributed by atoms with E-state index in [1.165, 1.54) is 13.3 Å². The fourth-order valence-electron chi connectivity index (χ4n) is 10.7. The molecule has 86 heavy (non-hydrogen) atoms. The number of aromatic nitrogens is 2. The molecular formula is C62H82F3N9O11S. The lowest BCUT2D eigenvalue weighted by atomic mass is 9.81. The molecule has 4 aromatic rings. The smallest absolute Gasteiger partial charge is 0.391 e. The predicted molar refractivity (Wildman–Crippen MR) is 320 cm³/mol. The second-order valence-corrected chi connectivity index (χ2v) is 22.9. The Balaban J connectivity index is 0.744. The van der Waals surface area contributed by atoms with Crippen LogP contribution in [0.1, 0.15) is 105 Å². The van der Waals surface area contributed by atoms with E-state index in [1.807, 2.05) is 60.7 Å². The Hall–Kier alpha value is -6.83. The Morgan fingerprint density at radius 1 is 0.814 bits per heavy atom. The van der Waals surface area contributed by atoms with Gasteiger partial charge in [0.2, 0.25) is 23.6 Å². The summed E-state index contributed by atoms with van der Waals surface area (Å²) in [6.45, 7) is 4.33. The van der Waals surface area contributed by atoms with Crippen LogP contribution >= 0.6 is 11.3 Å². The summed E-state index contributed by atoms with van der Waals surface area (Å²) < 4.78 is 67.3. The summed E-state index contributed by atoms with van der Waals surface area (Å²) in [6.07, 6.45) is 7.95. The fourth-order valence-corrected chi connectivity index (χ4v) is 11.6. The number of hydrogen-bond acceptors (Lipinski definition) is 15. The van der Waals surface area contributed by atoms with E-state index in [4.69, 9.17) is 23.7 Å². The minimum absolute atomic E-state index is 0.00291. The first-order chi connectivity index (χ1) is 41.5. The summed E-state index contributed by atoms with van der Waals surface area (Å²) >= 11 is 1.10. The molecule has 2 aromatic carbocycles. The molecule has 3 heterocycles. The number of likely N-dealkylation sites (tertiary alicyclic amines) is 1. The second kappa shape index (κ2) is 33.9. The van der Waals surface area contributed by atoms with Gasteiger partial charge in [0.05, 0.1) is 77.9 Å². The number of rotatable bonds is 31. The molecule has 0 spiro atoms. The number of thiazole rings is 1. The summed E-state index contributed by atoms with van der Waals surface area (Å²) in [5.41, 5.74) is 3.51. The van der Waals surface area contributed by atoms with Gasteiger partial charge in [-0.3, -0.25) is 34.1 Å². The number of halogens is 3. The minimum Gasteiger partial charge on any atom is -0.495 e. The molecule has 3 atom stereocenters. The maximum Gasteiger partial charge on any atom is 0.391 e. The summed E-state index contributed by atoms with van der Waals surface area (Å²) in [7, 11) is 4.88. The van der Waals surface area contributed by atoms with Gasteiger partial charge in [0, 0.05) is 37.8 Å². The number of benzene rings is 2. The largest absolute Gasteiger partial charge is 0.495 e. The molecule has 5 N–H and O–H groups in total. The summed E-state index contributed by atoms with van der Waals surface area (Å²) in [6, 6.07) is 16.3. The van der Waals surface area contributed by atoms with Crippen molar-refractivity contribution in [3.63, 3.8) is 0 Å². The van der Waals surface area contributed by atoms with Crippen molar-refractivity contribution in [2.24, 2.45) is 17.8 Å². The number of nitrogens with one attached hydrogen (secondary N) is 5. The highest BCUT2D eigenvalue weighted by Crippen LogP contribution is 2.41.